The highest BCUT2D eigenvalue weighted by Crippen LogP contribution is 2.45. The van der Waals surface area contributed by atoms with Gasteiger partial charge < -0.3 is 15.2 Å². The fourth-order valence-electron chi connectivity index (χ4n) is 3.66. The van der Waals surface area contributed by atoms with Crippen LogP contribution in [0, 0.1) is 13.8 Å². The third-order valence-corrected chi connectivity index (χ3v) is 7.08. The van der Waals surface area contributed by atoms with Crippen molar-refractivity contribution in [3.63, 3.8) is 0 Å². The molecule has 0 aliphatic carbocycles. The molecular formula is C24H24N2O5S. The van der Waals surface area contributed by atoms with E-state index in [1.165, 1.54) is 29.8 Å². The van der Waals surface area contributed by atoms with Gasteiger partial charge in [-0.1, -0.05) is 24.3 Å². The van der Waals surface area contributed by atoms with Gasteiger partial charge in [-0.3, -0.25) is 0 Å². The summed E-state index contributed by atoms with van der Waals surface area (Å²) in [5.41, 5.74) is 5.55. The Morgan fingerprint density at radius 3 is 2.31 bits per heavy atom. The van der Waals surface area contributed by atoms with Crippen LogP contribution >= 0.6 is 0 Å². The van der Waals surface area contributed by atoms with Crippen LogP contribution in [-0.4, -0.2) is 26.5 Å². The number of carbonyl (C=O) groups is 1. The molecule has 32 heavy (non-hydrogen) atoms. The van der Waals surface area contributed by atoms with Crippen molar-refractivity contribution >= 4 is 27.4 Å². The summed E-state index contributed by atoms with van der Waals surface area (Å²) in [5, 5.41) is 12.8. The summed E-state index contributed by atoms with van der Waals surface area (Å²) in [6.45, 7) is 4.19. The molecule has 0 unspecified atom stereocenters. The maximum Gasteiger partial charge on any atom is 0.338 e. The first-order valence-corrected chi connectivity index (χ1v) is 11.6. The molecule has 1 heterocycles. The third-order valence-electron chi connectivity index (χ3n) is 5.68. The van der Waals surface area contributed by atoms with Crippen molar-refractivity contribution in [2.75, 3.05) is 12.4 Å². The number of sulfonamides is 1. The van der Waals surface area contributed by atoms with Gasteiger partial charge in [0.05, 0.1) is 21.8 Å². The van der Waals surface area contributed by atoms with Crippen LogP contribution in [-0.2, 0) is 22.9 Å². The maximum absolute atomic E-state index is 12.2. The molecule has 7 nitrogen and oxygen atoms in total. The van der Waals surface area contributed by atoms with E-state index < -0.39 is 16.0 Å². The van der Waals surface area contributed by atoms with Gasteiger partial charge in [0.1, 0.15) is 0 Å². The van der Waals surface area contributed by atoms with E-state index in [9.17, 15) is 18.3 Å². The van der Waals surface area contributed by atoms with Crippen LogP contribution in [0.2, 0.25) is 0 Å². The van der Waals surface area contributed by atoms with Crippen molar-refractivity contribution < 1.29 is 23.1 Å². The van der Waals surface area contributed by atoms with Gasteiger partial charge in [-0.25, -0.2) is 17.9 Å². The minimum Gasteiger partial charge on any atom is -0.478 e. The zero-order chi connectivity index (χ0) is 23.0. The molecule has 0 radical (unpaired) electrons. The predicted molar refractivity (Wildman–Crippen MR) is 123 cm³/mol. The summed E-state index contributed by atoms with van der Waals surface area (Å²) in [5.74, 6) is -0.600. The van der Waals surface area contributed by atoms with Gasteiger partial charge in [0.15, 0.2) is 11.5 Å². The van der Waals surface area contributed by atoms with Crippen LogP contribution in [0.1, 0.15) is 32.6 Å². The van der Waals surface area contributed by atoms with Crippen LogP contribution in [0.5, 0.6) is 11.5 Å². The topological polar surface area (TPSA) is 105 Å². The molecule has 0 atom stereocenters. The number of benzene rings is 3. The van der Waals surface area contributed by atoms with Gasteiger partial charge in [-0.05, 0) is 74.2 Å². The van der Waals surface area contributed by atoms with E-state index in [1.807, 2.05) is 12.1 Å². The Hall–Kier alpha value is -3.36. The summed E-state index contributed by atoms with van der Waals surface area (Å²) >= 11 is 0. The van der Waals surface area contributed by atoms with Crippen LogP contribution in [0.15, 0.2) is 53.4 Å². The van der Waals surface area contributed by atoms with Gasteiger partial charge >= 0.3 is 5.97 Å². The average molecular weight is 453 g/mol. The number of rotatable bonds is 6. The van der Waals surface area contributed by atoms with Crippen LogP contribution in [0.25, 0.3) is 0 Å². The molecule has 0 fully saturated rings. The van der Waals surface area contributed by atoms with Gasteiger partial charge in [0.25, 0.3) is 0 Å². The van der Waals surface area contributed by atoms with E-state index in [-0.39, 0.29) is 21.9 Å². The van der Waals surface area contributed by atoms with Crippen LogP contribution in [0.4, 0.5) is 11.4 Å². The quantitative estimate of drug-likeness (QED) is 0.397. The van der Waals surface area contributed by atoms with E-state index in [4.69, 9.17) is 4.74 Å². The van der Waals surface area contributed by atoms with Crippen LogP contribution in [0.3, 0.4) is 0 Å². The van der Waals surface area contributed by atoms with Crippen molar-refractivity contribution in [2.24, 2.45) is 0 Å². The number of hydrogen-bond acceptors (Lipinski definition) is 5. The monoisotopic (exact) mass is 452 g/mol. The Balaban J connectivity index is 1.62. The largest absolute Gasteiger partial charge is 0.478 e. The Morgan fingerprint density at radius 1 is 0.969 bits per heavy atom. The lowest BCUT2D eigenvalue weighted by atomic mass is 10.00. The predicted octanol–water partition coefficient (Wildman–Crippen LogP) is 4.54. The third kappa shape index (κ3) is 4.19. The van der Waals surface area contributed by atoms with E-state index in [0.29, 0.717) is 11.4 Å². The molecule has 3 N–H and O–H groups in total. The van der Waals surface area contributed by atoms with Gasteiger partial charge in [0, 0.05) is 6.07 Å². The molecule has 1 aliphatic heterocycles. The molecule has 3 aromatic carbocycles. The Labute approximate surface area is 187 Å². The van der Waals surface area contributed by atoms with E-state index in [1.54, 1.807) is 6.07 Å². The molecule has 0 bridgehead atoms. The lowest BCUT2D eigenvalue weighted by molar-refractivity contribution is 0.0697. The number of aromatic carboxylic acids is 1. The molecule has 8 heteroatoms. The first-order chi connectivity index (χ1) is 15.2. The first kappa shape index (κ1) is 21.9. The molecule has 0 saturated carbocycles. The van der Waals surface area contributed by atoms with Crippen molar-refractivity contribution in [1.29, 1.82) is 0 Å². The highest BCUT2D eigenvalue weighted by atomic mass is 32.2. The Kier molecular flexibility index (Phi) is 5.66. The minimum atomic E-state index is -3.83. The smallest absolute Gasteiger partial charge is 0.338 e. The zero-order valence-corrected chi connectivity index (χ0v) is 18.8. The number of carboxylic acid groups (broad SMARTS) is 1. The lowest BCUT2D eigenvalue weighted by Crippen LogP contribution is -2.20. The highest BCUT2D eigenvalue weighted by molar-refractivity contribution is 7.89. The van der Waals surface area contributed by atoms with E-state index in [2.05, 4.69) is 42.1 Å². The van der Waals surface area contributed by atoms with Crippen LogP contribution < -0.4 is 14.8 Å². The van der Waals surface area contributed by atoms with Crippen molar-refractivity contribution in [3.05, 3.63) is 76.3 Å². The second kappa shape index (κ2) is 8.29. The number of ether oxygens (including phenoxy) is 1. The van der Waals surface area contributed by atoms with E-state index in [0.717, 1.165) is 24.5 Å². The summed E-state index contributed by atoms with van der Waals surface area (Å²) in [6.07, 6.45) is 1.69. The molecule has 0 spiro atoms. The molecule has 166 valence electrons. The number of carboxylic acids is 1. The number of nitrogens with one attached hydrogen (secondary N) is 2. The summed E-state index contributed by atoms with van der Waals surface area (Å²) in [4.78, 5) is 11.6. The zero-order valence-electron chi connectivity index (χ0n) is 18.0. The summed E-state index contributed by atoms with van der Waals surface area (Å²) in [7, 11) is -2.57. The SMILES string of the molecule is CNS(=O)(=O)c1cc2c(c(C(=O)O)c1)Nc1cc(CCc3ccc(C)c(C)c3)ccc1O2. The fourth-order valence-corrected chi connectivity index (χ4v) is 4.43. The van der Waals surface area contributed by atoms with Gasteiger partial charge in [-0.2, -0.15) is 0 Å². The van der Waals surface area contributed by atoms with Crippen molar-refractivity contribution in [1.82, 2.24) is 4.72 Å². The molecule has 1 aliphatic rings. The standard InChI is InChI=1S/C24H24N2O5S/c1-14-4-5-16(10-15(14)2)6-7-17-8-9-21-20(11-17)26-23-19(24(27)28)12-18(13-22(23)31-21)32(29,30)25-3/h4-5,8-13,25-26H,6-7H2,1-3H3,(H,27,28). The average Bonchev–Trinajstić information content (AvgIpc) is 2.77. The highest BCUT2D eigenvalue weighted by Gasteiger charge is 2.26. The number of fused-ring (bicyclic) bond motifs is 2. The molecule has 0 amide bonds. The lowest BCUT2D eigenvalue weighted by Gasteiger charge is -2.24. The van der Waals surface area contributed by atoms with Gasteiger partial charge in [-0.15, -0.1) is 0 Å². The molecule has 4 rings (SSSR count). The number of aryl methyl sites for hydroxylation is 4. The van der Waals surface area contributed by atoms with Gasteiger partial charge in [0.2, 0.25) is 10.0 Å². The number of hydrogen-bond donors (Lipinski definition) is 3. The van der Waals surface area contributed by atoms with Crippen molar-refractivity contribution in [2.45, 2.75) is 31.6 Å². The normalized spacial score (nSPS) is 12.3. The van der Waals surface area contributed by atoms with Crippen molar-refractivity contribution in [3.8, 4) is 11.5 Å². The minimum absolute atomic E-state index is 0.147. The second-order valence-electron chi connectivity index (χ2n) is 7.83. The summed E-state index contributed by atoms with van der Waals surface area (Å²) < 4.78 is 32.5. The maximum atomic E-state index is 12.2. The Morgan fingerprint density at radius 2 is 1.66 bits per heavy atom. The first-order valence-electron chi connectivity index (χ1n) is 10.2. The number of anilines is 2. The molecular weight excluding hydrogens is 428 g/mol. The fraction of sp³-hybridized carbons (Fsp3) is 0.208. The second-order valence-corrected chi connectivity index (χ2v) is 9.72. The van der Waals surface area contributed by atoms with E-state index >= 15 is 0 Å². The Bertz CT molecular complexity index is 1330. The molecule has 3 aromatic rings. The summed E-state index contributed by atoms with van der Waals surface area (Å²) in [6, 6.07) is 14.6. The molecule has 0 aromatic heterocycles. The molecule has 0 saturated heterocycles.